The lowest BCUT2D eigenvalue weighted by molar-refractivity contribution is -0.144. The molecule has 1 aliphatic heterocycles. The van der Waals surface area contributed by atoms with Crippen LogP contribution in [0.4, 0.5) is 36.8 Å². The second kappa shape index (κ2) is 11.6. The summed E-state index contributed by atoms with van der Waals surface area (Å²) in [5.41, 5.74) is 0.325. The topological polar surface area (TPSA) is 100 Å². The number of hydrogen-bond donors (Lipinski definition) is 2. The number of carbonyl (C=O) groups excluding carboxylic acids is 2. The van der Waals surface area contributed by atoms with E-state index in [0.717, 1.165) is 17.1 Å². The summed E-state index contributed by atoms with van der Waals surface area (Å²) in [6, 6.07) is 8.84. The second-order valence-electron chi connectivity index (χ2n) is 9.70. The maximum atomic E-state index is 12.9. The summed E-state index contributed by atoms with van der Waals surface area (Å²) in [7, 11) is 0. The number of H-pyrrole nitrogens is 1. The predicted octanol–water partition coefficient (Wildman–Crippen LogP) is 7.01. The summed E-state index contributed by atoms with van der Waals surface area (Å²) in [6.45, 7) is 0.998. The zero-order chi connectivity index (χ0) is 30.1. The number of ether oxygens (including phenoxy) is 1. The van der Waals surface area contributed by atoms with Gasteiger partial charge in [0.25, 0.3) is 0 Å². The average molecular weight is 612 g/mol. The van der Waals surface area contributed by atoms with Crippen molar-refractivity contribution >= 4 is 40.1 Å². The smallest absolute Gasteiger partial charge is 0.390 e. The minimum Gasteiger partial charge on any atom is -0.390 e. The number of likely N-dealkylation sites (tertiary alicyclic amines) is 1. The van der Waals surface area contributed by atoms with Crippen LogP contribution in [0.15, 0.2) is 47.8 Å². The molecule has 2 aromatic heterocycles. The van der Waals surface area contributed by atoms with E-state index in [1.54, 1.807) is 10.3 Å². The fraction of sp³-hybridized carbons (Fsp3) is 0.333. The lowest BCUT2D eigenvalue weighted by Gasteiger charge is -2.31. The van der Waals surface area contributed by atoms with Gasteiger partial charge in [0.05, 0.1) is 27.0 Å². The van der Waals surface area contributed by atoms with Gasteiger partial charge >= 0.3 is 18.4 Å². The first-order chi connectivity index (χ1) is 19.8. The van der Waals surface area contributed by atoms with Crippen LogP contribution in [0.25, 0.3) is 11.0 Å². The largest absolute Gasteiger partial charge is 0.449 e. The number of nitrogens with one attached hydrogen (secondary N) is 2. The van der Waals surface area contributed by atoms with Crippen LogP contribution in [-0.4, -0.2) is 44.9 Å². The summed E-state index contributed by atoms with van der Waals surface area (Å²) in [6.07, 6.45) is -8.06. The number of aromatic nitrogens is 3. The van der Waals surface area contributed by atoms with Crippen molar-refractivity contribution in [1.29, 1.82) is 0 Å². The Balaban J connectivity index is 1.08. The van der Waals surface area contributed by atoms with E-state index in [4.69, 9.17) is 4.74 Å². The number of imidazole rings is 1. The van der Waals surface area contributed by atoms with Crippen LogP contribution in [0, 0.1) is 0 Å². The molecule has 1 aliphatic rings. The number of fused-ring (bicyclic) bond motifs is 1. The molecule has 15 heteroatoms. The van der Waals surface area contributed by atoms with Gasteiger partial charge in [-0.25, -0.2) is 14.8 Å². The van der Waals surface area contributed by atoms with Gasteiger partial charge in [0.15, 0.2) is 0 Å². The van der Waals surface area contributed by atoms with Crippen molar-refractivity contribution in [1.82, 2.24) is 19.9 Å². The molecule has 1 saturated heterocycles. The Morgan fingerprint density at radius 2 is 1.71 bits per heavy atom. The van der Waals surface area contributed by atoms with E-state index in [0.29, 0.717) is 37.9 Å². The summed E-state index contributed by atoms with van der Waals surface area (Å²) in [5.74, 6) is -1.08. The molecule has 2 amide bonds. The Morgan fingerprint density at radius 3 is 2.38 bits per heavy atom. The van der Waals surface area contributed by atoms with E-state index in [1.807, 2.05) is 0 Å². The highest BCUT2D eigenvalue weighted by atomic mass is 32.1. The van der Waals surface area contributed by atoms with Gasteiger partial charge in [0, 0.05) is 31.1 Å². The number of aromatic amines is 1. The van der Waals surface area contributed by atoms with Gasteiger partial charge in [0.2, 0.25) is 17.6 Å². The molecule has 2 aromatic carbocycles. The van der Waals surface area contributed by atoms with E-state index >= 15 is 0 Å². The Kier molecular flexibility index (Phi) is 8.12. The summed E-state index contributed by atoms with van der Waals surface area (Å²) in [4.78, 5) is 36.7. The van der Waals surface area contributed by atoms with E-state index in [-0.39, 0.29) is 40.8 Å². The molecule has 222 valence electrons. The number of rotatable bonds is 6. The SMILES string of the molecule is O=C(Nc1ccc2nc(C(F)(F)F)[nH]c2c1)Oc1csc(C2CCN(C(=O)CCc3ccc(C(F)(F)F)cc3)CC2)n1. The number of benzene rings is 2. The van der Waals surface area contributed by atoms with Crippen molar-refractivity contribution in [2.24, 2.45) is 0 Å². The Labute approximate surface area is 238 Å². The first kappa shape index (κ1) is 29.4. The van der Waals surface area contributed by atoms with E-state index in [9.17, 15) is 35.9 Å². The Morgan fingerprint density at radius 1 is 1.00 bits per heavy atom. The standard InChI is InChI=1S/C27H23F6N5O3S/c28-26(29,30)17-4-1-15(2-5-17)3-8-22(39)38-11-9-16(10-12-38)23-37-21(14-42-23)41-25(40)34-18-6-7-19-20(13-18)36-24(35-19)27(31,32)33/h1-2,4-7,13-14,16H,3,8-12H2,(H,34,40)(H,35,36). The molecule has 42 heavy (non-hydrogen) atoms. The maximum absolute atomic E-state index is 12.9. The molecule has 0 bridgehead atoms. The number of piperidine rings is 1. The highest BCUT2D eigenvalue weighted by Gasteiger charge is 2.35. The molecule has 2 N–H and O–H groups in total. The zero-order valence-corrected chi connectivity index (χ0v) is 22.5. The minimum atomic E-state index is -4.63. The molecule has 0 saturated carbocycles. The summed E-state index contributed by atoms with van der Waals surface area (Å²) < 4.78 is 82.0. The quantitative estimate of drug-likeness (QED) is 0.229. The Bertz CT molecular complexity index is 1570. The first-order valence-electron chi connectivity index (χ1n) is 12.8. The molecule has 0 atom stereocenters. The Hall–Kier alpha value is -4.14. The van der Waals surface area contributed by atoms with Gasteiger partial charge in [-0.1, -0.05) is 12.1 Å². The molecular weight excluding hydrogens is 588 g/mol. The lowest BCUT2D eigenvalue weighted by Crippen LogP contribution is -2.38. The molecule has 0 unspecified atom stereocenters. The van der Waals surface area contributed by atoms with Gasteiger partial charge in [-0.15, -0.1) is 11.3 Å². The second-order valence-corrected chi connectivity index (χ2v) is 10.6. The van der Waals surface area contributed by atoms with Crippen LogP contribution in [0.3, 0.4) is 0 Å². The van der Waals surface area contributed by atoms with Gasteiger partial charge in [-0.05, 0) is 55.2 Å². The van der Waals surface area contributed by atoms with Gasteiger partial charge in [-0.3, -0.25) is 10.1 Å². The third-order valence-electron chi connectivity index (χ3n) is 6.80. The monoisotopic (exact) mass is 611 g/mol. The van der Waals surface area contributed by atoms with Crippen molar-refractivity contribution in [3.8, 4) is 5.88 Å². The number of anilines is 1. The van der Waals surface area contributed by atoms with Gasteiger partial charge in [0.1, 0.15) is 0 Å². The fourth-order valence-electron chi connectivity index (χ4n) is 4.61. The van der Waals surface area contributed by atoms with E-state index in [2.05, 4.69) is 20.3 Å². The molecule has 4 aromatic rings. The normalized spacial score (nSPS) is 14.8. The average Bonchev–Trinajstić information content (AvgIpc) is 3.58. The van der Waals surface area contributed by atoms with Crippen LogP contribution in [0.2, 0.25) is 0 Å². The van der Waals surface area contributed by atoms with Crippen molar-refractivity contribution in [2.45, 2.75) is 44.0 Å². The maximum Gasteiger partial charge on any atom is 0.449 e. The highest BCUT2D eigenvalue weighted by Crippen LogP contribution is 2.33. The van der Waals surface area contributed by atoms with Gasteiger partial charge in [-0.2, -0.15) is 26.3 Å². The predicted molar refractivity (Wildman–Crippen MR) is 141 cm³/mol. The zero-order valence-electron chi connectivity index (χ0n) is 21.7. The number of alkyl halides is 6. The number of nitrogens with zero attached hydrogens (tertiary/aromatic N) is 3. The first-order valence-corrected chi connectivity index (χ1v) is 13.7. The number of aryl methyl sites for hydroxylation is 1. The van der Waals surface area contributed by atoms with Gasteiger partial charge < -0.3 is 14.6 Å². The third kappa shape index (κ3) is 7.01. The van der Waals surface area contributed by atoms with Crippen molar-refractivity contribution in [2.75, 3.05) is 18.4 Å². The molecule has 0 radical (unpaired) electrons. The summed E-state index contributed by atoms with van der Waals surface area (Å²) in [5, 5.41) is 4.77. The van der Waals surface area contributed by atoms with Crippen LogP contribution in [0.1, 0.15) is 47.1 Å². The molecular formula is C27H23F6N5O3S. The van der Waals surface area contributed by atoms with Crippen molar-refractivity contribution in [3.05, 3.63) is 69.8 Å². The highest BCUT2D eigenvalue weighted by molar-refractivity contribution is 7.09. The number of thiazole rings is 1. The lowest BCUT2D eigenvalue weighted by atomic mass is 9.97. The summed E-state index contributed by atoms with van der Waals surface area (Å²) >= 11 is 1.31. The molecule has 1 fully saturated rings. The van der Waals surface area contributed by atoms with Crippen LogP contribution < -0.4 is 10.1 Å². The minimum absolute atomic E-state index is 0.0555. The number of halogens is 6. The van der Waals surface area contributed by atoms with Crippen LogP contribution in [-0.2, 0) is 23.6 Å². The molecule has 5 rings (SSSR count). The van der Waals surface area contributed by atoms with Crippen LogP contribution in [0.5, 0.6) is 5.88 Å². The van der Waals surface area contributed by atoms with E-state index < -0.39 is 29.8 Å². The van der Waals surface area contributed by atoms with E-state index in [1.165, 1.54) is 41.7 Å². The number of carbonyl (C=O) groups is 2. The van der Waals surface area contributed by atoms with Crippen molar-refractivity contribution in [3.63, 3.8) is 0 Å². The molecule has 8 nitrogen and oxygen atoms in total. The third-order valence-corrected chi connectivity index (χ3v) is 7.79. The van der Waals surface area contributed by atoms with Crippen LogP contribution >= 0.6 is 11.3 Å². The molecule has 3 heterocycles. The fourth-order valence-corrected chi connectivity index (χ4v) is 5.51. The van der Waals surface area contributed by atoms with Crippen molar-refractivity contribution < 1.29 is 40.7 Å². The molecule has 0 spiro atoms. The number of amides is 2. The molecule has 0 aliphatic carbocycles. The number of hydrogen-bond acceptors (Lipinski definition) is 6.